The normalized spacial score (nSPS) is 32.9. The lowest BCUT2D eigenvalue weighted by Gasteiger charge is -2.28. The van der Waals surface area contributed by atoms with E-state index < -0.39 is 0 Å². The molecule has 0 spiro atoms. The molecule has 1 fully saturated rings. The zero-order valence-electron chi connectivity index (χ0n) is 7.84. The van der Waals surface area contributed by atoms with Gasteiger partial charge in [-0.25, -0.2) is 0 Å². The molecule has 0 heterocycles. The monoisotopic (exact) mass is 152 g/mol. The molecule has 0 heteroatoms. The van der Waals surface area contributed by atoms with Crippen LogP contribution < -0.4 is 0 Å². The fraction of sp³-hybridized carbons (Fsp3) is 0.818. The summed E-state index contributed by atoms with van der Waals surface area (Å²) in [6.45, 7) is 4.47. The summed E-state index contributed by atoms with van der Waals surface area (Å²) in [6, 6.07) is 0. The van der Waals surface area contributed by atoms with E-state index in [-0.39, 0.29) is 0 Å². The van der Waals surface area contributed by atoms with Crippen molar-refractivity contribution in [3.05, 3.63) is 12.2 Å². The number of rotatable bonds is 2. The summed E-state index contributed by atoms with van der Waals surface area (Å²) in [7, 11) is 0. The summed E-state index contributed by atoms with van der Waals surface area (Å²) in [6.07, 6.45) is 11.8. The van der Waals surface area contributed by atoms with Gasteiger partial charge in [-0.1, -0.05) is 38.3 Å². The number of hydrogen-bond acceptors (Lipinski definition) is 0. The summed E-state index contributed by atoms with van der Waals surface area (Å²) in [5, 5.41) is 0. The van der Waals surface area contributed by atoms with E-state index in [4.69, 9.17) is 0 Å². The van der Waals surface area contributed by atoms with Crippen LogP contribution in [0.3, 0.4) is 0 Å². The molecule has 1 aliphatic rings. The van der Waals surface area contributed by atoms with Gasteiger partial charge < -0.3 is 0 Å². The molecule has 1 saturated carbocycles. The lowest BCUT2D eigenvalue weighted by molar-refractivity contribution is 0.276. The Balaban J connectivity index is 2.44. The van der Waals surface area contributed by atoms with Crippen LogP contribution in [-0.2, 0) is 0 Å². The third kappa shape index (κ3) is 2.36. The van der Waals surface area contributed by atoms with E-state index in [1.54, 1.807) is 0 Å². The molecule has 0 bridgehead atoms. The Bertz CT molecular complexity index is 124. The van der Waals surface area contributed by atoms with Gasteiger partial charge in [0, 0.05) is 0 Å². The van der Waals surface area contributed by atoms with Crippen LogP contribution in [0, 0.1) is 11.8 Å². The Morgan fingerprint density at radius 1 is 1.27 bits per heavy atom. The quantitative estimate of drug-likeness (QED) is 0.528. The number of hydrogen-bond donors (Lipinski definition) is 0. The summed E-state index contributed by atoms with van der Waals surface area (Å²) >= 11 is 0. The third-order valence-corrected chi connectivity index (χ3v) is 2.93. The van der Waals surface area contributed by atoms with Gasteiger partial charge in [0.1, 0.15) is 0 Å². The Morgan fingerprint density at radius 2 is 2.00 bits per heavy atom. The second kappa shape index (κ2) is 4.58. The standard InChI is InChI=1S/C11H20/c1-3-7-11-9-6-5-8-10(11)4-2/h3,7,10-11H,4-6,8-9H2,1-2H3/b7-3-. The molecule has 0 aromatic rings. The summed E-state index contributed by atoms with van der Waals surface area (Å²) in [5.41, 5.74) is 0. The van der Waals surface area contributed by atoms with E-state index in [9.17, 15) is 0 Å². The van der Waals surface area contributed by atoms with Gasteiger partial charge in [-0.05, 0) is 31.6 Å². The Hall–Kier alpha value is -0.260. The van der Waals surface area contributed by atoms with Crippen LogP contribution in [0.2, 0.25) is 0 Å². The van der Waals surface area contributed by atoms with Crippen molar-refractivity contribution in [2.45, 2.75) is 46.0 Å². The van der Waals surface area contributed by atoms with Crippen LogP contribution in [-0.4, -0.2) is 0 Å². The first-order valence-electron chi connectivity index (χ1n) is 5.01. The first kappa shape index (κ1) is 8.83. The van der Waals surface area contributed by atoms with Crippen molar-refractivity contribution >= 4 is 0 Å². The second-order valence-electron chi connectivity index (χ2n) is 3.64. The molecule has 0 N–H and O–H groups in total. The van der Waals surface area contributed by atoms with E-state index in [0.717, 1.165) is 11.8 Å². The maximum atomic E-state index is 2.41. The maximum Gasteiger partial charge on any atom is -0.0205 e. The van der Waals surface area contributed by atoms with Crippen LogP contribution in [0.25, 0.3) is 0 Å². The SMILES string of the molecule is C/C=C\C1CCCCC1CC. The molecule has 1 rings (SSSR count). The molecule has 0 radical (unpaired) electrons. The van der Waals surface area contributed by atoms with Crippen molar-refractivity contribution < 1.29 is 0 Å². The van der Waals surface area contributed by atoms with Crippen molar-refractivity contribution in [3.63, 3.8) is 0 Å². The molecule has 0 aromatic heterocycles. The maximum absolute atomic E-state index is 2.41. The highest BCUT2D eigenvalue weighted by Gasteiger charge is 2.20. The molecule has 0 aliphatic heterocycles. The second-order valence-corrected chi connectivity index (χ2v) is 3.64. The molecule has 0 aromatic carbocycles. The summed E-state index contributed by atoms with van der Waals surface area (Å²) in [4.78, 5) is 0. The predicted molar refractivity (Wildman–Crippen MR) is 50.6 cm³/mol. The van der Waals surface area contributed by atoms with Gasteiger partial charge in [0.05, 0.1) is 0 Å². The molecule has 0 amide bonds. The highest BCUT2D eigenvalue weighted by Crippen LogP contribution is 2.32. The van der Waals surface area contributed by atoms with E-state index in [0.29, 0.717) is 0 Å². The van der Waals surface area contributed by atoms with Crippen molar-refractivity contribution in [2.24, 2.45) is 11.8 Å². The van der Waals surface area contributed by atoms with Crippen LogP contribution in [0.4, 0.5) is 0 Å². The van der Waals surface area contributed by atoms with Gasteiger partial charge in [-0.15, -0.1) is 0 Å². The first-order valence-corrected chi connectivity index (χ1v) is 5.01. The smallest absolute Gasteiger partial charge is 0.0205 e. The lowest BCUT2D eigenvalue weighted by atomic mass is 9.78. The number of allylic oxidation sites excluding steroid dienone is 2. The molecule has 1 aliphatic carbocycles. The molecular weight excluding hydrogens is 132 g/mol. The van der Waals surface area contributed by atoms with Crippen LogP contribution in [0.1, 0.15) is 46.0 Å². The molecule has 11 heavy (non-hydrogen) atoms. The van der Waals surface area contributed by atoms with E-state index >= 15 is 0 Å². The van der Waals surface area contributed by atoms with Crippen molar-refractivity contribution in [3.8, 4) is 0 Å². The first-order chi connectivity index (χ1) is 5.38. The van der Waals surface area contributed by atoms with E-state index in [2.05, 4.69) is 26.0 Å². The van der Waals surface area contributed by atoms with Gasteiger partial charge in [0.25, 0.3) is 0 Å². The highest BCUT2D eigenvalue weighted by molar-refractivity contribution is 4.91. The zero-order chi connectivity index (χ0) is 8.10. The summed E-state index contributed by atoms with van der Waals surface area (Å²) < 4.78 is 0. The largest absolute Gasteiger partial charge is 0.0914 e. The molecule has 64 valence electrons. The topological polar surface area (TPSA) is 0 Å². The van der Waals surface area contributed by atoms with Crippen LogP contribution in [0.15, 0.2) is 12.2 Å². The Labute approximate surface area is 70.7 Å². The molecule has 2 unspecified atom stereocenters. The Morgan fingerprint density at radius 3 is 2.64 bits per heavy atom. The van der Waals surface area contributed by atoms with E-state index in [1.165, 1.54) is 32.1 Å². The average molecular weight is 152 g/mol. The lowest BCUT2D eigenvalue weighted by Crippen LogP contribution is -2.16. The van der Waals surface area contributed by atoms with Crippen LogP contribution >= 0.6 is 0 Å². The van der Waals surface area contributed by atoms with Gasteiger partial charge in [0.15, 0.2) is 0 Å². The third-order valence-electron chi connectivity index (χ3n) is 2.93. The predicted octanol–water partition coefficient (Wildman–Crippen LogP) is 3.78. The van der Waals surface area contributed by atoms with Crippen LogP contribution in [0.5, 0.6) is 0 Å². The minimum absolute atomic E-state index is 0.902. The van der Waals surface area contributed by atoms with Gasteiger partial charge in [-0.3, -0.25) is 0 Å². The minimum atomic E-state index is 0.902. The molecule has 0 nitrogen and oxygen atoms in total. The van der Waals surface area contributed by atoms with Crippen molar-refractivity contribution in [2.75, 3.05) is 0 Å². The summed E-state index contributed by atoms with van der Waals surface area (Å²) in [5.74, 6) is 1.89. The molecule has 2 atom stereocenters. The van der Waals surface area contributed by atoms with E-state index in [1.807, 2.05) is 0 Å². The fourth-order valence-corrected chi connectivity index (χ4v) is 2.24. The highest BCUT2D eigenvalue weighted by atomic mass is 14.3. The molecule has 0 saturated heterocycles. The Kier molecular flexibility index (Phi) is 3.68. The van der Waals surface area contributed by atoms with Crippen molar-refractivity contribution in [1.29, 1.82) is 0 Å². The molecular formula is C11H20. The average Bonchev–Trinajstić information content (AvgIpc) is 2.06. The van der Waals surface area contributed by atoms with Crippen molar-refractivity contribution in [1.82, 2.24) is 0 Å². The van der Waals surface area contributed by atoms with Gasteiger partial charge in [-0.2, -0.15) is 0 Å². The zero-order valence-corrected chi connectivity index (χ0v) is 7.84. The van der Waals surface area contributed by atoms with Gasteiger partial charge >= 0.3 is 0 Å². The minimum Gasteiger partial charge on any atom is -0.0914 e. The fourth-order valence-electron chi connectivity index (χ4n) is 2.24. The van der Waals surface area contributed by atoms with Gasteiger partial charge in [0.2, 0.25) is 0 Å².